The van der Waals surface area contributed by atoms with Crippen molar-refractivity contribution in [2.45, 2.75) is 44.1 Å². The van der Waals surface area contributed by atoms with Crippen LogP contribution in [0.4, 0.5) is 16.2 Å². The van der Waals surface area contributed by atoms with Gasteiger partial charge in [0.2, 0.25) is 11.8 Å². The summed E-state index contributed by atoms with van der Waals surface area (Å²) < 4.78 is 17.6. The van der Waals surface area contributed by atoms with Crippen molar-refractivity contribution >= 4 is 57.6 Å². The molecule has 1 N–H and O–H groups in total. The number of nitrogens with zero attached hydrogens (tertiary/aromatic N) is 4. The van der Waals surface area contributed by atoms with Gasteiger partial charge in [-0.25, -0.2) is 4.79 Å². The number of amides is 4. The Morgan fingerprint density at radius 2 is 1.74 bits per heavy atom. The second-order valence-corrected chi connectivity index (χ2v) is 13.7. The maximum Gasteiger partial charge on any atom is 0.415 e. The zero-order valence-electron chi connectivity index (χ0n) is 28.4. The predicted octanol–water partition coefficient (Wildman–Crippen LogP) is 5.07. The van der Waals surface area contributed by atoms with Gasteiger partial charge in [0.25, 0.3) is 5.91 Å². The summed E-state index contributed by atoms with van der Waals surface area (Å²) in [6.07, 6.45) is 2.57. The normalized spacial score (nSPS) is 20.5. The fraction of sp³-hybridized carbons (Fsp3) is 0.459. The largest absolute Gasteiger partial charge is 0.493 e. The highest BCUT2D eigenvalue weighted by Crippen LogP contribution is 2.46. The maximum atomic E-state index is 13.8. The van der Waals surface area contributed by atoms with Gasteiger partial charge in [-0.2, -0.15) is 0 Å². The van der Waals surface area contributed by atoms with Crippen molar-refractivity contribution in [1.29, 1.82) is 0 Å². The number of hydrogen-bond donors (Lipinski definition) is 1. The van der Waals surface area contributed by atoms with Crippen molar-refractivity contribution in [1.82, 2.24) is 14.7 Å². The summed E-state index contributed by atoms with van der Waals surface area (Å²) in [7, 11) is 3.53. The number of piperazine rings is 1. The monoisotopic (exact) mass is 703 g/mol. The molecule has 0 unspecified atom stereocenters. The summed E-state index contributed by atoms with van der Waals surface area (Å²) in [5.41, 5.74) is 2.43. The summed E-state index contributed by atoms with van der Waals surface area (Å²) in [4.78, 5) is 60.6. The summed E-state index contributed by atoms with van der Waals surface area (Å²) >= 11 is 6.47. The van der Waals surface area contributed by atoms with E-state index in [-0.39, 0.29) is 36.7 Å². The van der Waals surface area contributed by atoms with E-state index in [1.54, 1.807) is 32.9 Å². The lowest BCUT2D eigenvalue weighted by Gasteiger charge is -2.32. The fourth-order valence-corrected chi connectivity index (χ4v) is 7.73. The lowest BCUT2D eigenvalue weighted by Crippen LogP contribution is -2.48. The minimum Gasteiger partial charge on any atom is -0.493 e. The molecule has 4 heterocycles. The average Bonchev–Trinajstić information content (AvgIpc) is 3.47. The number of ether oxygens (including phenoxy) is 3. The van der Waals surface area contributed by atoms with Crippen molar-refractivity contribution in [3.63, 3.8) is 0 Å². The zero-order chi connectivity index (χ0) is 34.9. The Hall–Kier alpha value is -4.55. The number of alkyl halides is 1. The lowest BCUT2D eigenvalue weighted by molar-refractivity contribution is -0.121. The first kappa shape index (κ1) is 33.9. The van der Waals surface area contributed by atoms with Gasteiger partial charge in [0.05, 0.1) is 30.7 Å². The van der Waals surface area contributed by atoms with Gasteiger partial charge < -0.3 is 39.1 Å². The van der Waals surface area contributed by atoms with E-state index < -0.39 is 12.1 Å². The smallest absolute Gasteiger partial charge is 0.415 e. The molecule has 4 aliphatic heterocycles. The van der Waals surface area contributed by atoms with Gasteiger partial charge in [0.15, 0.2) is 11.5 Å². The zero-order valence-corrected chi connectivity index (χ0v) is 29.2. The number of likely N-dealkylation sites (N-methyl/N-ethyl adjacent to an activating group) is 1. The first-order valence-electron chi connectivity index (χ1n) is 17.3. The Morgan fingerprint density at radius 3 is 2.50 bits per heavy atom. The van der Waals surface area contributed by atoms with Crippen LogP contribution < -0.4 is 24.4 Å². The molecule has 0 saturated carbocycles. The quantitative estimate of drug-likeness (QED) is 0.255. The lowest BCUT2D eigenvalue weighted by atomic mass is 9.95. The van der Waals surface area contributed by atoms with Crippen LogP contribution in [-0.2, 0) is 9.59 Å². The molecule has 12 nitrogen and oxygen atoms in total. The number of anilines is 2. The minimum atomic E-state index is -0.489. The van der Waals surface area contributed by atoms with Crippen LogP contribution in [-0.4, -0.2) is 110 Å². The van der Waals surface area contributed by atoms with E-state index in [1.807, 2.05) is 31.3 Å². The van der Waals surface area contributed by atoms with Crippen LogP contribution in [0.3, 0.4) is 0 Å². The second-order valence-electron chi connectivity index (χ2n) is 13.4. The van der Waals surface area contributed by atoms with Crippen molar-refractivity contribution in [3.8, 4) is 17.2 Å². The summed E-state index contributed by atoms with van der Waals surface area (Å²) in [6, 6.07) is 12.3. The SMILES string of the molecule is COc1cc2c(cc1OCCCC(=O)N1C[C@@H](CCl)c3c1cc(OC(=O)N1CCN(C)CC1)c1ccccc31)NC(=O)[C@@H]1CCCCN1C2=O. The van der Waals surface area contributed by atoms with Crippen molar-refractivity contribution < 1.29 is 33.4 Å². The molecule has 0 aromatic heterocycles. The first-order chi connectivity index (χ1) is 24.3. The molecule has 0 spiro atoms. The molecule has 2 atom stereocenters. The number of carbonyl (C=O) groups is 4. The highest BCUT2D eigenvalue weighted by atomic mass is 35.5. The number of benzene rings is 3. The molecule has 13 heteroatoms. The van der Waals surface area contributed by atoms with E-state index >= 15 is 0 Å². The van der Waals surface area contributed by atoms with E-state index in [4.69, 9.17) is 25.8 Å². The number of rotatable bonds is 8. The maximum absolute atomic E-state index is 13.8. The molecule has 0 bridgehead atoms. The Bertz CT molecular complexity index is 1830. The molecule has 0 aliphatic carbocycles. The molecule has 2 fully saturated rings. The van der Waals surface area contributed by atoms with Crippen molar-refractivity contribution in [3.05, 3.63) is 53.6 Å². The minimum absolute atomic E-state index is 0.0823. The molecule has 50 heavy (non-hydrogen) atoms. The molecular formula is C37H42ClN5O7. The van der Waals surface area contributed by atoms with E-state index in [9.17, 15) is 19.2 Å². The molecule has 2 saturated heterocycles. The van der Waals surface area contributed by atoms with Crippen LogP contribution >= 0.6 is 11.6 Å². The van der Waals surface area contributed by atoms with Gasteiger partial charge in [0.1, 0.15) is 11.8 Å². The molecular weight excluding hydrogens is 662 g/mol. The van der Waals surface area contributed by atoms with Crippen LogP contribution in [0.25, 0.3) is 10.8 Å². The molecule has 3 aromatic rings. The van der Waals surface area contributed by atoms with E-state index in [1.165, 1.54) is 7.11 Å². The third-order valence-corrected chi connectivity index (χ3v) is 10.6. The Morgan fingerprint density at radius 1 is 0.960 bits per heavy atom. The van der Waals surface area contributed by atoms with Crippen LogP contribution in [0.1, 0.15) is 53.9 Å². The third-order valence-electron chi connectivity index (χ3n) is 10.2. The fourth-order valence-electron chi connectivity index (χ4n) is 7.48. The molecule has 0 radical (unpaired) electrons. The second kappa shape index (κ2) is 14.4. The van der Waals surface area contributed by atoms with Gasteiger partial charge in [-0.05, 0) is 49.7 Å². The van der Waals surface area contributed by atoms with Gasteiger partial charge in [-0.3, -0.25) is 14.4 Å². The Balaban J connectivity index is 1.06. The Labute approximate surface area is 296 Å². The first-order valence-corrected chi connectivity index (χ1v) is 17.8. The number of fused-ring (bicyclic) bond motifs is 5. The topological polar surface area (TPSA) is 121 Å². The summed E-state index contributed by atoms with van der Waals surface area (Å²) in [5.74, 6) is 0.903. The van der Waals surface area contributed by atoms with Crippen molar-refractivity contribution in [2.75, 3.05) is 76.1 Å². The third kappa shape index (κ3) is 6.42. The number of nitrogens with one attached hydrogen (secondary N) is 1. The molecule has 7 rings (SSSR count). The molecule has 4 amide bonds. The van der Waals surface area contributed by atoms with E-state index in [0.717, 1.165) is 42.3 Å². The van der Waals surface area contributed by atoms with Gasteiger partial charge in [-0.15, -0.1) is 11.6 Å². The molecule has 4 aliphatic rings. The number of halogens is 1. The van der Waals surface area contributed by atoms with E-state index in [2.05, 4.69) is 10.2 Å². The van der Waals surface area contributed by atoms with Crippen molar-refractivity contribution in [2.24, 2.45) is 0 Å². The number of hydrogen-bond acceptors (Lipinski definition) is 8. The number of carbonyl (C=O) groups excluding carboxylic acids is 4. The van der Waals surface area contributed by atoms with Crippen LogP contribution in [0.2, 0.25) is 0 Å². The highest BCUT2D eigenvalue weighted by molar-refractivity contribution is 6.19. The van der Waals surface area contributed by atoms with Crippen LogP contribution in [0, 0.1) is 0 Å². The summed E-state index contributed by atoms with van der Waals surface area (Å²) in [5, 5.41) is 4.62. The highest BCUT2D eigenvalue weighted by Gasteiger charge is 2.38. The molecule has 3 aromatic carbocycles. The Kier molecular flexibility index (Phi) is 9.74. The standard InChI is InChI=1S/C37H42ClN5O7/c1-40-13-15-41(16-14-40)37(47)50-30-20-29-34(25-9-4-3-8-24(25)30)23(21-38)22-43(29)33(44)11-7-17-49-32-19-27-26(18-31(32)48-2)36(46)42-12-6-5-10-28(42)35(45)39-27/h3-4,8-9,18-20,23,28H,5-7,10-17,21-22H2,1-2H3,(H,39,45)/t23-,28+/m1/s1. The van der Waals surface area contributed by atoms with Crippen LogP contribution in [0.5, 0.6) is 17.2 Å². The molecule has 264 valence electrons. The van der Waals surface area contributed by atoms with Gasteiger partial charge >= 0.3 is 6.09 Å². The number of methoxy groups -OCH3 is 1. The average molecular weight is 704 g/mol. The summed E-state index contributed by atoms with van der Waals surface area (Å²) in [6.45, 7) is 3.88. The van der Waals surface area contributed by atoms with Gasteiger partial charge in [-0.1, -0.05) is 24.3 Å². The number of piperidine rings is 1. The van der Waals surface area contributed by atoms with Gasteiger partial charge in [0, 0.05) is 75.0 Å². The van der Waals surface area contributed by atoms with E-state index in [0.29, 0.717) is 79.1 Å². The van der Waals surface area contributed by atoms with Crippen LogP contribution in [0.15, 0.2) is 42.5 Å². The predicted molar refractivity (Wildman–Crippen MR) is 190 cm³/mol.